The predicted molar refractivity (Wildman–Crippen MR) is 54.4 cm³/mol. The van der Waals surface area contributed by atoms with Crippen molar-refractivity contribution in [1.82, 2.24) is 24.9 Å². The van der Waals surface area contributed by atoms with Crippen molar-refractivity contribution < 1.29 is 0 Å². The largest absolute Gasteiger partial charge is 0.336 e. The molecule has 0 saturated heterocycles. The van der Waals surface area contributed by atoms with E-state index in [1.54, 1.807) is 24.8 Å². The molecule has 0 aliphatic carbocycles. The minimum absolute atomic E-state index is 0.237. The van der Waals surface area contributed by atoms with Crippen LogP contribution in [0.25, 0.3) is 0 Å². The van der Waals surface area contributed by atoms with Crippen LogP contribution < -0.4 is 11.3 Å². The van der Waals surface area contributed by atoms with Crippen molar-refractivity contribution in [3.63, 3.8) is 0 Å². The zero-order valence-electron chi connectivity index (χ0n) is 8.33. The summed E-state index contributed by atoms with van der Waals surface area (Å²) in [5, 5.41) is 0. The van der Waals surface area contributed by atoms with Gasteiger partial charge in [0.25, 0.3) is 0 Å². The Bertz CT molecular complexity index is 423. The first kappa shape index (κ1) is 9.75. The number of imidazole rings is 1. The average molecular weight is 204 g/mol. The second kappa shape index (κ2) is 4.16. The van der Waals surface area contributed by atoms with Gasteiger partial charge in [-0.25, -0.2) is 10.4 Å². The monoisotopic (exact) mass is 204 g/mol. The van der Waals surface area contributed by atoms with Gasteiger partial charge in [-0.2, -0.15) is 0 Å². The second-order valence-electron chi connectivity index (χ2n) is 3.13. The molecule has 2 aromatic heterocycles. The van der Waals surface area contributed by atoms with E-state index >= 15 is 0 Å². The van der Waals surface area contributed by atoms with Crippen LogP contribution in [0.5, 0.6) is 0 Å². The van der Waals surface area contributed by atoms with Crippen molar-refractivity contribution in [3.8, 4) is 0 Å². The Labute approximate surface area is 87.2 Å². The lowest BCUT2D eigenvalue weighted by Gasteiger charge is -2.14. The number of rotatable bonds is 3. The molecule has 78 valence electrons. The molecule has 2 heterocycles. The van der Waals surface area contributed by atoms with Crippen LogP contribution in [0.4, 0.5) is 0 Å². The van der Waals surface area contributed by atoms with Gasteiger partial charge in [-0.15, -0.1) is 0 Å². The van der Waals surface area contributed by atoms with E-state index in [2.05, 4.69) is 20.4 Å². The van der Waals surface area contributed by atoms with Crippen molar-refractivity contribution in [2.75, 3.05) is 0 Å². The molecule has 0 aliphatic heterocycles. The molecule has 6 nitrogen and oxygen atoms in total. The van der Waals surface area contributed by atoms with Gasteiger partial charge < -0.3 is 4.57 Å². The minimum atomic E-state index is -0.237. The van der Waals surface area contributed by atoms with Gasteiger partial charge in [0.15, 0.2) is 0 Å². The minimum Gasteiger partial charge on any atom is -0.336 e. The standard InChI is InChI=1S/C9H12N6/c1-15-5-4-13-9(15)8(14-10)7-6-11-2-3-12-7/h2-6,8,14H,10H2,1H3. The molecule has 0 bridgehead atoms. The Hall–Kier alpha value is -1.79. The Morgan fingerprint density at radius 3 is 2.73 bits per heavy atom. The van der Waals surface area contributed by atoms with Crippen LogP contribution in [0.3, 0.4) is 0 Å². The first-order valence-electron chi connectivity index (χ1n) is 4.52. The quantitative estimate of drug-likeness (QED) is 0.533. The smallest absolute Gasteiger partial charge is 0.133 e. The highest BCUT2D eigenvalue weighted by Crippen LogP contribution is 2.15. The van der Waals surface area contributed by atoms with Crippen molar-refractivity contribution in [1.29, 1.82) is 0 Å². The Morgan fingerprint density at radius 2 is 2.20 bits per heavy atom. The number of nitrogens with zero attached hydrogens (tertiary/aromatic N) is 4. The van der Waals surface area contributed by atoms with E-state index in [-0.39, 0.29) is 6.04 Å². The first-order valence-corrected chi connectivity index (χ1v) is 4.52. The number of hydrogen-bond acceptors (Lipinski definition) is 5. The van der Waals surface area contributed by atoms with E-state index in [9.17, 15) is 0 Å². The molecule has 15 heavy (non-hydrogen) atoms. The van der Waals surface area contributed by atoms with E-state index < -0.39 is 0 Å². The van der Waals surface area contributed by atoms with E-state index in [1.165, 1.54) is 0 Å². The number of nitrogens with two attached hydrogens (primary N) is 1. The summed E-state index contributed by atoms with van der Waals surface area (Å²) in [5.41, 5.74) is 3.42. The van der Waals surface area contributed by atoms with Crippen LogP contribution in [0.15, 0.2) is 31.0 Å². The van der Waals surface area contributed by atoms with E-state index in [4.69, 9.17) is 5.84 Å². The SMILES string of the molecule is Cn1ccnc1C(NN)c1cnccn1. The normalized spacial score (nSPS) is 12.7. The molecule has 2 rings (SSSR count). The van der Waals surface area contributed by atoms with E-state index in [0.29, 0.717) is 0 Å². The molecule has 0 amide bonds. The summed E-state index contributed by atoms with van der Waals surface area (Å²) in [4.78, 5) is 12.4. The third kappa shape index (κ3) is 1.85. The van der Waals surface area contributed by atoms with Crippen molar-refractivity contribution >= 4 is 0 Å². The first-order chi connectivity index (χ1) is 7.33. The summed E-state index contributed by atoms with van der Waals surface area (Å²) in [5.74, 6) is 6.30. The molecule has 2 aromatic rings. The topological polar surface area (TPSA) is 81.7 Å². The lowest BCUT2D eigenvalue weighted by molar-refractivity contribution is 0.565. The highest BCUT2D eigenvalue weighted by molar-refractivity contribution is 5.14. The highest BCUT2D eigenvalue weighted by atomic mass is 15.3. The van der Waals surface area contributed by atoms with E-state index in [0.717, 1.165) is 11.5 Å². The number of nitrogens with one attached hydrogen (secondary N) is 1. The zero-order valence-corrected chi connectivity index (χ0v) is 8.33. The van der Waals surface area contributed by atoms with E-state index in [1.807, 2.05) is 17.8 Å². The Morgan fingerprint density at radius 1 is 1.33 bits per heavy atom. The maximum Gasteiger partial charge on any atom is 0.133 e. The lowest BCUT2D eigenvalue weighted by atomic mass is 10.2. The number of aromatic nitrogens is 4. The Balaban J connectivity index is 2.37. The van der Waals surface area contributed by atoms with Gasteiger partial charge in [-0.05, 0) is 0 Å². The predicted octanol–water partition coefficient (Wildman–Crippen LogP) is -0.237. The number of aryl methyl sites for hydroxylation is 1. The molecule has 1 unspecified atom stereocenters. The van der Waals surface area contributed by atoms with Crippen molar-refractivity contribution in [3.05, 3.63) is 42.5 Å². The van der Waals surface area contributed by atoms with Crippen LogP contribution in [-0.4, -0.2) is 19.5 Å². The molecular formula is C9H12N6. The van der Waals surface area contributed by atoms with Gasteiger partial charge in [-0.3, -0.25) is 15.8 Å². The summed E-state index contributed by atoms with van der Waals surface area (Å²) in [6, 6.07) is -0.237. The van der Waals surface area contributed by atoms with Gasteiger partial charge >= 0.3 is 0 Å². The van der Waals surface area contributed by atoms with Crippen molar-refractivity contribution in [2.24, 2.45) is 12.9 Å². The maximum absolute atomic E-state index is 5.49. The molecule has 0 aliphatic rings. The summed E-state index contributed by atoms with van der Waals surface area (Å²) in [6.45, 7) is 0. The maximum atomic E-state index is 5.49. The molecular weight excluding hydrogens is 192 g/mol. The number of hydrogen-bond donors (Lipinski definition) is 2. The van der Waals surface area contributed by atoms with Crippen LogP contribution in [0.1, 0.15) is 17.6 Å². The number of hydrazine groups is 1. The lowest BCUT2D eigenvalue weighted by Crippen LogP contribution is -2.31. The van der Waals surface area contributed by atoms with Crippen LogP contribution in [-0.2, 0) is 7.05 Å². The fourth-order valence-corrected chi connectivity index (χ4v) is 1.41. The third-order valence-electron chi connectivity index (χ3n) is 2.16. The molecule has 6 heteroatoms. The zero-order chi connectivity index (χ0) is 10.7. The van der Waals surface area contributed by atoms with Gasteiger partial charge in [0.05, 0.1) is 11.9 Å². The third-order valence-corrected chi connectivity index (χ3v) is 2.16. The van der Waals surface area contributed by atoms with Crippen LogP contribution in [0.2, 0.25) is 0 Å². The second-order valence-corrected chi connectivity index (χ2v) is 3.13. The molecule has 0 saturated carbocycles. The van der Waals surface area contributed by atoms with Crippen LogP contribution >= 0.6 is 0 Å². The summed E-state index contributed by atoms with van der Waals surface area (Å²) in [7, 11) is 1.91. The van der Waals surface area contributed by atoms with Gasteiger partial charge in [-0.1, -0.05) is 0 Å². The molecule has 1 atom stereocenters. The molecule has 0 radical (unpaired) electrons. The van der Waals surface area contributed by atoms with Gasteiger partial charge in [0.1, 0.15) is 11.9 Å². The molecule has 0 spiro atoms. The molecule has 0 fully saturated rings. The molecule has 0 aromatic carbocycles. The van der Waals surface area contributed by atoms with Crippen molar-refractivity contribution in [2.45, 2.75) is 6.04 Å². The summed E-state index contributed by atoms with van der Waals surface area (Å²) < 4.78 is 1.89. The van der Waals surface area contributed by atoms with Crippen LogP contribution in [0, 0.1) is 0 Å². The summed E-state index contributed by atoms with van der Waals surface area (Å²) >= 11 is 0. The average Bonchev–Trinajstić information content (AvgIpc) is 2.68. The fraction of sp³-hybridized carbons (Fsp3) is 0.222. The fourth-order valence-electron chi connectivity index (χ4n) is 1.41. The van der Waals surface area contributed by atoms with Gasteiger partial charge in [0, 0.05) is 31.8 Å². The highest BCUT2D eigenvalue weighted by Gasteiger charge is 2.17. The van der Waals surface area contributed by atoms with Gasteiger partial charge in [0.2, 0.25) is 0 Å². The Kier molecular flexibility index (Phi) is 2.70. The summed E-state index contributed by atoms with van der Waals surface area (Å²) in [6.07, 6.45) is 8.49. The molecule has 3 N–H and O–H groups in total.